The second-order valence-corrected chi connectivity index (χ2v) is 5.31. The van der Waals surface area contributed by atoms with Crippen LogP contribution in [-0.2, 0) is 5.60 Å². The normalized spacial score (nSPS) is 11.2. The van der Waals surface area contributed by atoms with E-state index in [1.807, 2.05) is 13.0 Å². The van der Waals surface area contributed by atoms with Gasteiger partial charge >= 0.3 is 0 Å². The van der Waals surface area contributed by atoms with Gasteiger partial charge in [-0.25, -0.2) is 4.98 Å². The molecule has 0 aliphatic heterocycles. The van der Waals surface area contributed by atoms with Gasteiger partial charge in [0.15, 0.2) is 0 Å². The van der Waals surface area contributed by atoms with E-state index < -0.39 is 5.60 Å². The summed E-state index contributed by atoms with van der Waals surface area (Å²) >= 11 is 0. The van der Waals surface area contributed by atoms with Crippen molar-refractivity contribution in [3.05, 3.63) is 59.3 Å². The molecule has 0 atom stereocenters. The molecule has 0 spiro atoms. The summed E-state index contributed by atoms with van der Waals surface area (Å²) in [5.41, 5.74) is 1.24. The van der Waals surface area contributed by atoms with Crippen LogP contribution in [0, 0.1) is 6.92 Å². The van der Waals surface area contributed by atoms with E-state index in [4.69, 9.17) is 0 Å². The molecule has 0 unspecified atom stereocenters. The maximum absolute atomic E-state index is 12.2. The molecule has 1 aromatic heterocycles. The van der Waals surface area contributed by atoms with E-state index in [1.54, 1.807) is 50.4 Å². The van der Waals surface area contributed by atoms with Gasteiger partial charge in [0.2, 0.25) is 0 Å². The molecule has 1 heterocycles. The minimum absolute atomic E-state index is 0.241. The molecular weight excluding hydrogens is 252 g/mol. The second kappa shape index (κ2) is 5.43. The van der Waals surface area contributed by atoms with Gasteiger partial charge < -0.3 is 10.4 Å². The first-order valence-electron chi connectivity index (χ1n) is 6.43. The van der Waals surface area contributed by atoms with Gasteiger partial charge in [0, 0.05) is 11.8 Å². The molecule has 104 valence electrons. The Morgan fingerprint density at radius 3 is 2.65 bits per heavy atom. The number of nitrogens with one attached hydrogen (secondary N) is 1. The van der Waals surface area contributed by atoms with Crippen LogP contribution in [0.2, 0.25) is 0 Å². The molecule has 0 aliphatic rings. The molecule has 0 saturated carbocycles. The van der Waals surface area contributed by atoms with Crippen LogP contribution in [0.15, 0.2) is 42.6 Å². The SMILES string of the molecule is Cc1ccnc(NC(=O)c2cccc(C(C)(C)O)c2)c1. The Morgan fingerprint density at radius 2 is 2.00 bits per heavy atom. The predicted octanol–water partition coefficient (Wildman–Crippen LogP) is 2.87. The number of pyridine rings is 1. The van der Waals surface area contributed by atoms with Crippen LogP contribution in [0.1, 0.15) is 35.3 Å². The van der Waals surface area contributed by atoms with Gasteiger partial charge in [-0.05, 0) is 56.2 Å². The van der Waals surface area contributed by atoms with Gasteiger partial charge in [-0.1, -0.05) is 12.1 Å². The first-order valence-corrected chi connectivity index (χ1v) is 6.43. The summed E-state index contributed by atoms with van der Waals surface area (Å²) in [5, 5.41) is 12.7. The highest BCUT2D eigenvalue weighted by molar-refractivity contribution is 6.03. The number of amides is 1. The molecule has 2 aromatic rings. The van der Waals surface area contributed by atoms with Crippen molar-refractivity contribution < 1.29 is 9.90 Å². The van der Waals surface area contributed by atoms with Crippen molar-refractivity contribution in [1.82, 2.24) is 4.98 Å². The summed E-state index contributed by atoms with van der Waals surface area (Å²) in [5.74, 6) is 0.276. The van der Waals surface area contributed by atoms with Crippen molar-refractivity contribution in [2.45, 2.75) is 26.4 Å². The lowest BCUT2D eigenvalue weighted by Gasteiger charge is -2.18. The number of rotatable bonds is 3. The first-order chi connectivity index (χ1) is 9.36. The van der Waals surface area contributed by atoms with Crippen LogP contribution in [0.4, 0.5) is 5.82 Å². The standard InChI is InChI=1S/C16H18N2O2/c1-11-7-8-17-14(9-11)18-15(19)12-5-4-6-13(10-12)16(2,3)20/h4-10,20H,1-3H3,(H,17,18,19). The van der Waals surface area contributed by atoms with Crippen LogP contribution >= 0.6 is 0 Å². The van der Waals surface area contributed by atoms with Gasteiger partial charge in [-0.3, -0.25) is 4.79 Å². The van der Waals surface area contributed by atoms with Crippen molar-refractivity contribution in [2.24, 2.45) is 0 Å². The molecule has 1 amide bonds. The smallest absolute Gasteiger partial charge is 0.256 e. The number of anilines is 1. The molecule has 0 radical (unpaired) electrons. The Labute approximate surface area is 118 Å². The van der Waals surface area contributed by atoms with Gasteiger partial charge in [-0.2, -0.15) is 0 Å². The minimum Gasteiger partial charge on any atom is -0.386 e. The third-order valence-corrected chi connectivity index (χ3v) is 2.99. The van der Waals surface area contributed by atoms with Crippen molar-refractivity contribution in [2.75, 3.05) is 5.32 Å². The Balaban J connectivity index is 2.22. The zero-order valence-electron chi connectivity index (χ0n) is 11.8. The number of aromatic nitrogens is 1. The number of nitrogens with zero attached hydrogens (tertiary/aromatic N) is 1. The summed E-state index contributed by atoms with van der Waals surface area (Å²) in [7, 11) is 0. The van der Waals surface area contributed by atoms with Crippen LogP contribution in [0.5, 0.6) is 0 Å². The lowest BCUT2D eigenvalue weighted by Crippen LogP contribution is -2.18. The van der Waals surface area contributed by atoms with E-state index in [0.29, 0.717) is 16.9 Å². The Morgan fingerprint density at radius 1 is 1.25 bits per heavy atom. The molecule has 1 aromatic carbocycles. The highest BCUT2D eigenvalue weighted by Crippen LogP contribution is 2.20. The largest absolute Gasteiger partial charge is 0.386 e. The molecule has 2 rings (SSSR count). The summed E-state index contributed by atoms with van der Waals surface area (Å²) in [6, 6.07) is 10.6. The Kier molecular flexibility index (Phi) is 3.86. The Hall–Kier alpha value is -2.20. The van der Waals surface area contributed by atoms with Crippen LogP contribution < -0.4 is 5.32 Å². The van der Waals surface area contributed by atoms with Crippen LogP contribution in [0.25, 0.3) is 0 Å². The monoisotopic (exact) mass is 270 g/mol. The number of hydrogen-bond acceptors (Lipinski definition) is 3. The van der Waals surface area contributed by atoms with E-state index in [1.165, 1.54) is 0 Å². The topological polar surface area (TPSA) is 62.2 Å². The van der Waals surface area contributed by atoms with Gasteiger partial charge in [0.1, 0.15) is 5.82 Å². The average Bonchev–Trinajstić information content (AvgIpc) is 2.38. The van der Waals surface area contributed by atoms with Crippen molar-refractivity contribution in [1.29, 1.82) is 0 Å². The number of carbonyl (C=O) groups is 1. The maximum atomic E-state index is 12.2. The van der Waals surface area contributed by atoms with Gasteiger partial charge in [0.25, 0.3) is 5.91 Å². The molecule has 0 bridgehead atoms. The fourth-order valence-corrected chi connectivity index (χ4v) is 1.83. The zero-order valence-corrected chi connectivity index (χ0v) is 11.8. The van der Waals surface area contributed by atoms with Crippen LogP contribution in [0.3, 0.4) is 0 Å². The van der Waals surface area contributed by atoms with Crippen molar-refractivity contribution >= 4 is 11.7 Å². The number of carbonyl (C=O) groups excluding carboxylic acids is 1. The van der Waals surface area contributed by atoms with E-state index in [2.05, 4.69) is 10.3 Å². The number of aryl methyl sites for hydroxylation is 1. The van der Waals surface area contributed by atoms with Crippen LogP contribution in [-0.4, -0.2) is 16.0 Å². The molecule has 2 N–H and O–H groups in total. The molecule has 4 nitrogen and oxygen atoms in total. The summed E-state index contributed by atoms with van der Waals surface area (Å²) in [6.45, 7) is 5.31. The molecule has 4 heteroatoms. The van der Waals surface area contributed by atoms with Gasteiger partial charge in [0.05, 0.1) is 5.60 Å². The summed E-state index contributed by atoms with van der Waals surface area (Å²) in [6.07, 6.45) is 1.65. The molecule has 0 saturated heterocycles. The molecule has 0 fully saturated rings. The van der Waals surface area contributed by atoms with Crippen molar-refractivity contribution in [3.63, 3.8) is 0 Å². The second-order valence-electron chi connectivity index (χ2n) is 5.31. The fourth-order valence-electron chi connectivity index (χ4n) is 1.83. The third-order valence-electron chi connectivity index (χ3n) is 2.99. The van der Waals surface area contributed by atoms with E-state index in [9.17, 15) is 9.90 Å². The zero-order chi connectivity index (χ0) is 14.8. The van der Waals surface area contributed by atoms with E-state index >= 15 is 0 Å². The number of aliphatic hydroxyl groups is 1. The van der Waals surface area contributed by atoms with E-state index in [0.717, 1.165) is 5.56 Å². The number of hydrogen-bond donors (Lipinski definition) is 2. The third kappa shape index (κ3) is 3.42. The summed E-state index contributed by atoms with van der Waals surface area (Å²) in [4.78, 5) is 16.3. The fraction of sp³-hybridized carbons (Fsp3) is 0.250. The number of benzene rings is 1. The van der Waals surface area contributed by atoms with E-state index in [-0.39, 0.29) is 5.91 Å². The highest BCUT2D eigenvalue weighted by Gasteiger charge is 2.17. The first kappa shape index (κ1) is 14.2. The lowest BCUT2D eigenvalue weighted by molar-refractivity contribution is 0.0785. The molecule has 0 aliphatic carbocycles. The maximum Gasteiger partial charge on any atom is 0.256 e. The molecular formula is C16H18N2O2. The predicted molar refractivity (Wildman–Crippen MR) is 78.6 cm³/mol. The minimum atomic E-state index is -0.974. The lowest BCUT2D eigenvalue weighted by atomic mass is 9.96. The molecule has 20 heavy (non-hydrogen) atoms. The Bertz CT molecular complexity index is 630. The highest BCUT2D eigenvalue weighted by atomic mass is 16.3. The van der Waals surface area contributed by atoms with Gasteiger partial charge in [-0.15, -0.1) is 0 Å². The quantitative estimate of drug-likeness (QED) is 0.901. The summed E-state index contributed by atoms with van der Waals surface area (Å²) < 4.78 is 0. The van der Waals surface area contributed by atoms with Crippen molar-refractivity contribution in [3.8, 4) is 0 Å². The average molecular weight is 270 g/mol.